The topological polar surface area (TPSA) is 72.8 Å². The summed E-state index contributed by atoms with van der Waals surface area (Å²) >= 11 is 0. The number of phenols is 1. The summed E-state index contributed by atoms with van der Waals surface area (Å²) in [5, 5.41) is 9.82. The predicted octanol–water partition coefficient (Wildman–Crippen LogP) is 4.04. The molecule has 0 fully saturated rings. The molecule has 4 rings (SSSR count). The zero-order valence-corrected chi connectivity index (χ0v) is 16.1. The first kappa shape index (κ1) is 18.4. The molecule has 0 aromatic heterocycles. The highest BCUT2D eigenvalue weighted by Crippen LogP contribution is 2.47. The monoisotopic (exact) mass is 396 g/mol. The molecule has 0 aliphatic carbocycles. The summed E-state index contributed by atoms with van der Waals surface area (Å²) in [7, 11) is -3.57. The molecular weight excluding hydrogens is 376 g/mol. The third-order valence-electron chi connectivity index (χ3n) is 4.87. The van der Waals surface area contributed by atoms with Gasteiger partial charge in [0.25, 0.3) is 0 Å². The molecule has 1 aliphatic heterocycles. The van der Waals surface area contributed by atoms with E-state index in [9.17, 15) is 13.5 Å². The maximum atomic E-state index is 11.4. The summed E-state index contributed by atoms with van der Waals surface area (Å²) in [6.45, 7) is 0.479. The maximum Gasteiger partial charge on any atom is 0.306 e. The molecule has 3 aromatic carbocycles. The lowest BCUT2D eigenvalue weighted by atomic mass is 9.76. The molecule has 0 saturated carbocycles. The molecule has 144 valence electrons. The largest absolute Gasteiger partial charge is 0.508 e. The number of ether oxygens (including phenoxy) is 1. The molecule has 6 heteroatoms. The summed E-state index contributed by atoms with van der Waals surface area (Å²) in [6, 6.07) is 22.4. The lowest BCUT2D eigenvalue weighted by Crippen LogP contribution is -2.25. The second-order valence-electron chi connectivity index (χ2n) is 6.88. The summed E-state index contributed by atoms with van der Waals surface area (Å²) in [5.74, 6) is 1.18. The van der Waals surface area contributed by atoms with E-state index in [0.717, 1.165) is 22.9 Å². The van der Waals surface area contributed by atoms with Gasteiger partial charge in [-0.1, -0.05) is 48.5 Å². The van der Waals surface area contributed by atoms with Crippen molar-refractivity contribution in [2.45, 2.75) is 11.8 Å². The number of phenolic OH excluding ortho intramolecular Hbond substituents is 1. The predicted molar refractivity (Wildman–Crippen MR) is 107 cm³/mol. The van der Waals surface area contributed by atoms with E-state index in [1.165, 1.54) is 0 Å². The van der Waals surface area contributed by atoms with Gasteiger partial charge in [0.15, 0.2) is 0 Å². The van der Waals surface area contributed by atoms with E-state index in [4.69, 9.17) is 8.92 Å². The van der Waals surface area contributed by atoms with Gasteiger partial charge in [0.1, 0.15) is 17.2 Å². The van der Waals surface area contributed by atoms with Crippen LogP contribution >= 0.6 is 0 Å². The SMILES string of the molecule is CS(=O)(=O)Oc1ccc([C@H]2c3ccc(O)cc3OC[C@H]2c2ccccc2)cc1. The Morgan fingerprint density at radius 2 is 1.68 bits per heavy atom. The van der Waals surface area contributed by atoms with E-state index < -0.39 is 10.1 Å². The van der Waals surface area contributed by atoms with Crippen molar-refractivity contribution in [2.24, 2.45) is 0 Å². The van der Waals surface area contributed by atoms with Crippen LogP contribution < -0.4 is 8.92 Å². The summed E-state index contributed by atoms with van der Waals surface area (Å²) in [4.78, 5) is 0. The summed E-state index contributed by atoms with van der Waals surface area (Å²) in [5.41, 5.74) is 3.15. The van der Waals surface area contributed by atoms with E-state index in [1.54, 1.807) is 24.3 Å². The highest BCUT2D eigenvalue weighted by molar-refractivity contribution is 7.86. The quantitative estimate of drug-likeness (QED) is 0.674. The van der Waals surface area contributed by atoms with Crippen LogP contribution in [-0.4, -0.2) is 26.4 Å². The Kier molecular flexibility index (Phi) is 4.73. The van der Waals surface area contributed by atoms with Crippen LogP contribution in [0.3, 0.4) is 0 Å². The van der Waals surface area contributed by atoms with E-state index >= 15 is 0 Å². The second kappa shape index (κ2) is 7.20. The number of hydrogen-bond donors (Lipinski definition) is 1. The third kappa shape index (κ3) is 3.82. The lowest BCUT2D eigenvalue weighted by Gasteiger charge is -2.34. The molecule has 5 nitrogen and oxygen atoms in total. The van der Waals surface area contributed by atoms with Crippen molar-refractivity contribution in [3.8, 4) is 17.2 Å². The number of benzene rings is 3. The maximum absolute atomic E-state index is 11.4. The molecule has 2 atom stereocenters. The van der Waals surface area contributed by atoms with Crippen molar-refractivity contribution >= 4 is 10.1 Å². The molecular formula is C22H20O5S. The Morgan fingerprint density at radius 3 is 2.36 bits per heavy atom. The van der Waals surface area contributed by atoms with E-state index in [2.05, 4.69) is 12.1 Å². The average Bonchev–Trinajstić information content (AvgIpc) is 2.67. The Labute approximate surface area is 164 Å². The van der Waals surface area contributed by atoms with Gasteiger partial charge in [-0.3, -0.25) is 0 Å². The molecule has 0 radical (unpaired) electrons. The van der Waals surface area contributed by atoms with Gasteiger partial charge in [-0.15, -0.1) is 0 Å². The number of fused-ring (bicyclic) bond motifs is 1. The van der Waals surface area contributed by atoms with Gasteiger partial charge in [0, 0.05) is 23.5 Å². The van der Waals surface area contributed by atoms with Crippen molar-refractivity contribution in [1.29, 1.82) is 0 Å². The number of hydrogen-bond acceptors (Lipinski definition) is 5. The van der Waals surface area contributed by atoms with E-state index in [1.807, 2.05) is 36.4 Å². The fraction of sp³-hybridized carbons (Fsp3) is 0.182. The van der Waals surface area contributed by atoms with Gasteiger partial charge in [-0.25, -0.2) is 0 Å². The average molecular weight is 396 g/mol. The highest BCUT2D eigenvalue weighted by atomic mass is 32.2. The number of rotatable bonds is 4. The minimum atomic E-state index is -3.57. The molecule has 0 spiro atoms. The van der Waals surface area contributed by atoms with E-state index in [0.29, 0.717) is 12.4 Å². The fourth-order valence-corrected chi connectivity index (χ4v) is 4.16. The Bertz CT molecular complexity index is 1080. The Balaban J connectivity index is 1.77. The van der Waals surface area contributed by atoms with Crippen LogP contribution in [0.5, 0.6) is 17.2 Å². The zero-order chi connectivity index (χ0) is 19.7. The molecule has 1 heterocycles. The van der Waals surface area contributed by atoms with Crippen LogP contribution in [0.4, 0.5) is 0 Å². The van der Waals surface area contributed by atoms with Crippen molar-refractivity contribution in [3.05, 3.63) is 89.5 Å². The first-order valence-corrected chi connectivity index (χ1v) is 10.7. The summed E-state index contributed by atoms with van der Waals surface area (Å²) in [6.07, 6.45) is 1.02. The Morgan fingerprint density at radius 1 is 0.964 bits per heavy atom. The fourth-order valence-electron chi connectivity index (χ4n) is 3.70. The van der Waals surface area contributed by atoms with Gasteiger partial charge < -0.3 is 14.0 Å². The third-order valence-corrected chi connectivity index (χ3v) is 5.36. The van der Waals surface area contributed by atoms with Crippen LogP contribution in [0.1, 0.15) is 28.5 Å². The molecule has 3 aromatic rings. The number of aromatic hydroxyl groups is 1. The minimum absolute atomic E-state index is 0.000895. The van der Waals surface area contributed by atoms with Gasteiger partial charge in [0.05, 0.1) is 12.9 Å². The van der Waals surface area contributed by atoms with Crippen molar-refractivity contribution in [1.82, 2.24) is 0 Å². The molecule has 0 unspecified atom stereocenters. The standard InChI is InChI=1S/C22H20O5S/c1-28(24,25)27-18-10-7-16(8-11-18)22-19-12-9-17(23)13-21(19)26-14-20(22)15-5-3-2-4-6-15/h2-13,20,22-23H,14H2,1H3/t20-,22-/m0/s1. The van der Waals surface area contributed by atoms with Crippen LogP contribution in [0.25, 0.3) is 0 Å². The van der Waals surface area contributed by atoms with E-state index in [-0.39, 0.29) is 23.3 Å². The second-order valence-corrected chi connectivity index (χ2v) is 8.46. The highest BCUT2D eigenvalue weighted by Gasteiger charge is 2.33. The minimum Gasteiger partial charge on any atom is -0.508 e. The normalized spacial score (nSPS) is 18.8. The molecule has 1 N–H and O–H groups in total. The first-order valence-electron chi connectivity index (χ1n) is 8.91. The molecule has 0 saturated heterocycles. The van der Waals surface area contributed by atoms with Crippen LogP contribution in [0.15, 0.2) is 72.8 Å². The molecule has 1 aliphatic rings. The van der Waals surface area contributed by atoms with Crippen LogP contribution in [0.2, 0.25) is 0 Å². The van der Waals surface area contributed by atoms with Gasteiger partial charge in [-0.05, 0) is 29.3 Å². The van der Waals surface area contributed by atoms with Gasteiger partial charge in [-0.2, -0.15) is 8.42 Å². The lowest BCUT2D eigenvalue weighted by molar-refractivity contribution is 0.248. The van der Waals surface area contributed by atoms with Gasteiger partial charge in [0.2, 0.25) is 0 Å². The molecule has 28 heavy (non-hydrogen) atoms. The zero-order valence-electron chi connectivity index (χ0n) is 15.3. The van der Waals surface area contributed by atoms with Gasteiger partial charge >= 0.3 is 10.1 Å². The van der Waals surface area contributed by atoms with Crippen LogP contribution in [0, 0.1) is 0 Å². The van der Waals surface area contributed by atoms with Crippen molar-refractivity contribution in [3.63, 3.8) is 0 Å². The molecule has 0 bridgehead atoms. The molecule has 0 amide bonds. The first-order chi connectivity index (χ1) is 13.4. The Hall–Kier alpha value is -2.99. The summed E-state index contributed by atoms with van der Waals surface area (Å²) < 4.78 is 33.6. The van der Waals surface area contributed by atoms with Crippen LogP contribution in [-0.2, 0) is 10.1 Å². The smallest absolute Gasteiger partial charge is 0.306 e. The van der Waals surface area contributed by atoms with Crippen molar-refractivity contribution < 1.29 is 22.4 Å². The van der Waals surface area contributed by atoms with Crippen molar-refractivity contribution in [2.75, 3.05) is 12.9 Å².